The largest absolute Gasteiger partial charge is 0.378 e. The summed E-state index contributed by atoms with van der Waals surface area (Å²) in [7, 11) is 4.01. The molecule has 0 aliphatic heterocycles. The molecule has 2 N–H and O–H groups in total. The molecular weight excluding hydrogens is 278 g/mol. The second-order valence-corrected chi connectivity index (χ2v) is 6.62. The lowest BCUT2D eigenvalue weighted by Crippen LogP contribution is -2.48. The smallest absolute Gasteiger partial charge is 0.309 e. The van der Waals surface area contributed by atoms with Crippen LogP contribution in [0.4, 0.5) is 5.69 Å². The van der Waals surface area contributed by atoms with E-state index in [2.05, 4.69) is 39.8 Å². The molecule has 22 heavy (non-hydrogen) atoms. The molecular formula is C17H27N3O2. The number of carbonyl (C=O) groups is 2. The van der Waals surface area contributed by atoms with E-state index in [9.17, 15) is 9.59 Å². The molecule has 0 spiro atoms. The minimum absolute atomic E-state index is 0.400. The van der Waals surface area contributed by atoms with Crippen molar-refractivity contribution in [3.63, 3.8) is 0 Å². The van der Waals surface area contributed by atoms with Gasteiger partial charge >= 0.3 is 11.8 Å². The van der Waals surface area contributed by atoms with Crippen molar-refractivity contribution in [1.82, 2.24) is 10.6 Å². The van der Waals surface area contributed by atoms with Crippen molar-refractivity contribution in [3.05, 3.63) is 29.8 Å². The zero-order valence-corrected chi connectivity index (χ0v) is 14.2. The first-order chi connectivity index (χ1) is 10.2. The second-order valence-electron chi connectivity index (χ2n) is 6.62. The van der Waals surface area contributed by atoms with E-state index < -0.39 is 17.4 Å². The molecule has 5 heteroatoms. The topological polar surface area (TPSA) is 61.4 Å². The highest BCUT2D eigenvalue weighted by Crippen LogP contribution is 2.13. The Labute approximate surface area is 133 Å². The lowest BCUT2D eigenvalue weighted by molar-refractivity contribution is -0.140. The van der Waals surface area contributed by atoms with E-state index in [-0.39, 0.29) is 0 Å². The molecule has 1 aromatic carbocycles. The SMILES string of the molecule is CN(C)c1ccc(CCCNC(=O)C(=O)NC(C)(C)C)cc1. The first kappa shape index (κ1) is 18.0. The normalized spacial score (nSPS) is 11.0. The number of nitrogens with one attached hydrogen (secondary N) is 2. The highest BCUT2D eigenvalue weighted by molar-refractivity contribution is 6.35. The van der Waals surface area contributed by atoms with E-state index in [4.69, 9.17) is 0 Å². The van der Waals surface area contributed by atoms with Crippen LogP contribution in [0.3, 0.4) is 0 Å². The van der Waals surface area contributed by atoms with Crippen LogP contribution >= 0.6 is 0 Å². The van der Waals surface area contributed by atoms with Gasteiger partial charge in [0.2, 0.25) is 0 Å². The second kappa shape index (κ2) is 7.82. The van der Waals surface area contributed by atoms with Gasteiger partial charge in [-0.25, -0.2) is 0 Å². The number of hydrogen-bond donors (Lipinski definition) is 2. The maximum atomic E-state index is 11.6. The Balaban J connectivity index is 2.30. The summed E-state index contributed by atoms with van der Waals surface area (Å²) in [6.45, 7) is 6.02. The molecule has 5 nitrogen and oxygen atoms in total. The highest BCUT2D eigenvalue weighted by atomic mass is 16.2. The van der Waals surface area contributed by atoms with Crippen molar-refractivity contribution in [2.75, 3.05) is 25.5 Å². The molecule has 0 aromatic heterocycles. The van der Waals surface area contributed by atoms with Crippen LogP contribution in [0, 0.1) is 0 Å². The van der Waals surface area contributed by atoms with Gasteiger partial charge in [0, 0.05) is 31.9 Å². The number of benzene rings is 1. The molecule has 0 atom stereocenters. The summed E-state index contributed by atoms with van der Waals surface area (Å²) in [6.07, 6.45) is 1.67. The molecule has 0 unspecified atom stereocenters. The number of anilines is 1. The van der Waals surface area contributed by atoms with Crippen LogP contribution < -0.4 is 15.5 Å². The summed E-state index contributed by atoms with van der Waals surface area (Å²) in [4.78, 5) is 25.3. The third-order valence-electron chi connectivity index (χ3n) is 3.08. The summed E-state index contributed by atoms with van der Waals surface area (Å²) < 4.78 is 0. The van der Waals surface area contributed by atoms with Gasteiger partial charge < -0.3 is 15.5 Å². The van der Waals surface area contributed by atoms with Crippen LogP contribution in [-0.4, -0.2) is 38.0 Å². The van der Waals surface area contributed by atoms with E-state index in [1.807, 2.05) is 34.9 Å². The fourth-order valence-corrected chi connectivity index (χ4v) is 1.93. The standard InChI is InChI=1S/C17H27N3O2/c1-17(2,3)19-16(22)15(21)18-12-6-7-13-8-10-14(11-9-13)20(4)5/h8-11H,6-7,12H2,1-5H3,(H,18,21)(H,19,22). The summed E-state index contributed by atoms with van der Waals surface area (Å²) in [5.74, 6) is -1.15. The minimum Gasteiger partial charge on any atom is -0.378 e. The molecule has 0 bridgehead atoms. The Hall–Kier alpha value is -2.04. The van der Waals surface area contributed by atoms with Crippen LogP contribution in [0.5, 0.6) is 0 Å². The van der Waals surface area contributed by atoms with Gasteiger partial charge in [0.25, 0.3) is 0 Å². The maximum absolute atomic E-state index is 11.6. The first-order valence-electron chi connectivity index (χ1n) is 7.55. The Morgan fingerprint density at radius 2 is 1.64 bits per heavy atom. The maximum Gasteiger partial charge on any atom is 0.309 e. The molecule has 0 aliphatic carbocycles. The molecule has 2 amide bonds. The molecule has 0 fully saturated rings. The number of nitrogens with zero attached hydrogens (tertiary/aromatic N) is 1. The fraction of sp³-hybridized carbons (Fsp3) is 0.529. The van der Waals surface area contributed by atoms with Crippen molar-refractivity contribution in [1.29, 1.82) is 0 Å². The number of rotatable bonds is 5. The minimum atomic E-state index is -0.581. The Morgan fingerprint density at radius 3 is 2.14 bits per heavy atom. The molecule has 122 valence electrons. The van der Waals surface area contributed by atoms with Gasteiger partial charge in [-0.1, -0.05) is 12.1 Å². The number of aryl methyl sites for hydroxylation is 1. The predicted molar refractivity (Wildman–Crippen MR) is 90.0 cm³/mol. The van der Waals surface area contributed by atoms with Crippen molar-refractivity contribution < 1.29 is 9.59 Å². The lowest BCUT2D eigenvalue weighted by Gasteiger charge is -2.19. The van der Waals surface area contributed by atoms with Gasteiger partial charge in [-0.2, -0.15) is 0 Å². The zero-order chi connectivity index (χ0) is 16.8. The van der Waals surface area contributed by atoms with Crippen molar-refractivity contribution >= 4 is 17.5 Å². The zero-order valence-electron chi connectivity index (χ0n) is 14.2. The average molecular weight is 305 g/mol. The number of amides is 2. The monoisotopic (exact) mass is 305 g/mol. The van der Waals surface area contributed by atoms with Gasteiger partial charge in [0.05, 0.1) is 0 Å². The molecule has 0 heterocycles. The molecule has 0 saturated carbocycles. The van der Waals surface area contributed by atoms with Crippen LogP contribution in [-0.2, 0) is 16.0 Å². The van der Waals surface area contributed by atoms with Gasteiger partial charge in [-0.3, -0.25) is 9.59 Å². The van der Waals surface area contributed by atoms with Gasteiger partial charge in [0.15, 0.2) is 0 Å². The van der Waals surface area contributed by atoms with Crippen molar-refractivity contribution in [2.24, 2.45) is 0 Å². The van der Waals surface area contributed by atoms with Crippen LogP contribution in [0.1, 0.15) is 32.8 Å². The Morgan fingerprint density at radius 1 is 1.05 bits per heavy atom. The molecule has 0 saturated heterocycles. The van der Waals surface area contributed by atoms with Crippen molar-refractivity contribution in [2.45, 2.75) is 39.2 Å². The first-order valence-corrected chi connectivity index (χ1v) is 7.55. The lowest BCUT2D eigenvalue weighted by atomic mass is 10.1. The van der Waals surface area contributed by atoms with Gasteiger partial charge in [-0.05, 0) is 51.3 Å². The third-order valence-corrected chi connectivity index (χ3v) is 3.08. The quantitative estimate of drug-likeness (QED) is 0.643. The van der Waals surface area contributed by atoms with Crippen LogP contribution in [0.2, 0.25) is 0 Å². The summed E-state index contributed by atoms with van der Waals surface area (Å²) in [5.41, 5.74) is 1.98. The Bertz CT molecular complexity index is 502. The van der Waals surface area contributed by atoms with Gasteiger partial charge in [0.1, 0.15) is 0 Å². The highest BCUT2D eigenvalue weighted by Gasteiger charge is 2.19. The van der Waals surface area contributed by atoms with Gasteiger partial charge in [-0.15, -0.1) is 0 Å². The van der Waals surface area contributed by atoms with E-state index >= 15 is 0 Å². The van der Waals surface area contributed by atoms with Crippen LogP contribution in [0.15, 0.2) is 24.3 Å². The number of carbonyl (C=O) groups excluding carboxylic acids is 2. The predicted octanol–water partition coefficient (Wildman–Crippen LogP) is 1.72. The number of hydrogen-bond acceptors (Lipinski definition) is 3. The summed E-state index contributed by atoms with van der Waals surface area (Å²) in [5, 5.41) is 5.28. The summed E-state index contributed by atoms with van der Waals surface area (Å²) >= 11 is 0. The van der Waals surface area contributed by atoms with E-state index in [1.54, 1.807) is 0 Å². The molecule has 1 rings (SSSR count). The fourth-order valence-electron chi connectivity index (χ4n) is 1.93. The van der Waals surface area contributed by atoms with E-state index in [1.165, 1.54) is 5.56 Å². The average Bonchev–Trinajstić information content (AvgIpc) is 2.42. The summed E-state index contributed by atoms with van der Waals surface area (Å²) in [6, 6.07) is 8.32. The van der Waals surface area contributed by atoms with E-state index in [0.29, 0.717) is 6.54 Å². The third kappa shape index (κ3) is 6.61. The molecule has 0 radical (unpaired) electrons. The van der Waals surface area contributed by atoms with E-state index in [0.717, 1.165) is 18.5 Å². The van der Waals surface area contributed by atoms with Crippen LogP contribution in [0.25, 0.3) is 0 Å². The molecule has 1 aromatic rings. The Kier molecular flexibility index (Phi) is 6.40. The molecule has 0 aliphatic rings. The van der Waals surface area contributed by atoms with Crippen molar-refractivity contribution in [3.8, 4) is 0 Å².